The van der Waals surface area contributed by atoms with Crippen LogP contribution in [0.15, 0.2) is 36.4 Å². The average molecular weight is 267 g/mol. The minimum absolute atomic E-state index is 0.123. The highest BCUT2D eigenvalue weighted by Crippen LogP contribution is 2.34. The fourth-order valence-corrected chi connectivity index (χ4v) is 2.80. The molecule has 2 aromatic carbocycles. The quantitative estimate of drug-likeness (QED) is 0.901. The van der Waals surface area contributed by atoms with E-state index in [0.717, 1.165) is 36.3 Å². The molecule has 0 bridgehead atoms. The van der Waals surface area contributed by atoms with Gasteiger partial charge in [-0.2, -0.15) is 0 Å². The highest BCUT2D eigenvalue weighted by atomic mass is 16.5. The monoisotopic (exact) mass is 267 g/mol. The summed E-state index contributed by atoms with van der Waals surface area (Å²) >= 11 is 0. The van der Waals surface area contributed by atoms with Crippen molar-refractivity contribution < 1.29 is 4.74 Å². The second kappa shape index (κ2) is 5.29. The molecule has 0 spiro atoms. The van der Waals surface area contributed by atoms with Crippen molar-refractivity contribution >= 4 is 0 Å². The van der Waals surface area contributed by atoms with Crippen molar-refractivity contribution in [3.05, 3.63) is 64.2 Å². The van der Waals surface area contributed by atoms with Crippen LogP contribution in [-0.4, -0.2) is 6.61 Å². The van der Waals surface area contributed by atoms with E-state index in [4.69, 9.17) is 10.5 Å². The zero-order chi connectivity index (χ0) is 14.1. The molecule has 0 fully saturated rings. The van der Waals surface area contributed by atoms with E-state index in [2.05, 4.69) is 50.2 Å². The van der Waals surface area contributed by atoms with Crippen molar-refractivity contribution in [3.63, 3.8) is 0 Å². The van der Waals surface area contributed by atoms with Crippen LogP contribution in [-0.2, 0) is 6.42 Å². The van der Waals surface area contributed by atoms with Crippen LogP contribution in [0.4, 0.5) is 0 Å². The number of para-hydroxylation sites is 1. The second-order valence-corrected chi connectivity index (χ2v) is 5.61. The summed E-state index contributed by atoms with van der Waals surface area (Å²) in [5.41, 5.74) is 12.6. The van der Waals surface area contributed by atoms with Gasteiger partial charge in [-0.05, 0) is 48.9 Å². The van der Waals surface area contributed by atoms with E-state index < -0.39 is 0 Å². The predicted molar refractivity (Wildman–Crippen MR) is 82.2 cm³/mol. The van der Waals surface area contributed by atoms with Gasteiger partial charge < -0.3 is 10.5 Å². The van der Waals surface area contributed by atoms with Gasteiger partial charge in [0, 0.05) is 5.56 Å². The van der Waals surface area contributed by atoms with Crippen molar-refractivity contribution in [1.82, 2.24) is 0 Å². The highest BCUT2D eigenvalue weighted by molar-refractivity contribution is 5.48. The molecular weight excluding hydrogens is 246 g/mol. The van der Waals surface area contributed by atoms with Crippen molar-refractivity contribution in [1.29, 1.82) is 0 Å². The van der Waals surface area contributed by atoms with Crippen molar-refractivity contribution in [2.24, 2.45) is 5.73 Å². The maximum Gasteiger partial charge on any atom is 0.127 e. The first-order chi connectivity index (χ1) is 9.66. The lowest BCUT2D eigenvalue weighted by atomic mass is 9.93. The third-order valence-corrected chi connectivity index (χ3v) is 4.19. The Morgan fingerprint density at radius 2 is 1.95 bits per heavy atom. The molecule has 1 aliphatic rings. The van der Waals surface area contributed by atoms with Gasteiger partial charge in [0.25, 0.3) is 0 Å². The lowest BCUT2D eigenvalue weighted by Crippen LogP contribution is -2.17. The molecule has 0 saturated heterocycles. The van der Waals surface area contributed by atoms with E-state index >= 15 is 0 Å². The Balaban J connectivity index is 2.02. The molecule has 2 heteroatoms. The number of benzene rings is 2. The van der Waals surface area contributed by atoms with Gasteiger partial charge in [-0.1, -0.05) is 36.4 Å². The summed E-state index contributed by atoms with van der Waals surface area (Å²) in [6.07, 6.45) is 2.18. The molecule has 2 aromatic rings. The van der Waals surface area contributed by atoms with Gasteiger partial charge in [-0.15, -0.1) is 0 Å². The molecule has 0 saturated carbocycles. The Kier molecular flexibility index (Phi) is 3.49. The molecule has 20 heavy (non-hydrogen) atoms. The molecule has 0 amide bonds. The first-order valence-electron chi connectivity index (χ1n) is 7.24. The lowest BCUT2D eigenvalue weighted by molar-refractivity contribution is 0.284. The first kappa shape index (κ1) is 13.2. The first-order valence-corrected chi connectivity index (χ1v) is 7.24. The predicted octanol–water partition coefficient (Wildman–Crippen LogP) is 3.68. The molecule has 0 aliphatic carbocycles. The minimum Gasteiger partial charge on any atom is -0.493 e. The average Bonchev–Trinajstić information content (AvgIpc) is 2.49. The zero-order valence-electron chi connectivity index (χ0n) is 12.1. The number of hydrogen-bond donors (Lipinski definition) is 1. The fourth-order valence-electron chi connectivity index (χ4n) is 2.80. The number of aryl methyl sites for hydroxylation is 3. The second-order valence-electron chi connectivity index (χ2n) is 5.61. The largest absolute Gasteiger partial charge is 0.493 e. The van der Waals surface area contributed by atoms with Crippen LogP contribution < -0.4 is 10.5 Å². The van der Waals surface area contributed by atoms with Crippen LogP contribution in [0.1, 0.15) is 40.3 Å². The number of rotatable bonds is 2. The van der Waals surface area contributed by atoms with Crippen LogP contribution in [0, 0.1) is 13.8 Å². The van der Waals surface area contributed by atoms with Gasteiger partial charge in [0.1, 0.15) is 5.75 Å². The van der Waals surface area contributed by atoms with E-state index in [-0.39, 0.29) is 6.04 Å². The fraction of sp³-hybridized carbons (Fsp3) is 0.333. The topological polar surface area (TPSA) is 35.2 Å². The molecule has 0 radical (unpaired) electrons. The standard InChI is InChI=1S/C18H21NO/c1-12-8-9-15(11-13(12)2)17(19)16-7-3-5-14-6-4-10-20-18(14)16/h3,5,7-9,11,17H,4,6,10,19H2,1-2H3. The van der Waals surface area contributed by atoms with E-state index in [1.54, 1.807) is 0 Å². The van der Waals surface area contributed by atoms with Crippen LogP contribution in [0.3, 0.4) is 0 Å². The van der Waals surface area contributed by atoms with E-state index in [9.17, 15) is 0 Å². The molecular formula is C18H21NO. The molecule has 0 aromatic heterocycles. The maximum absolute atomic E-state index is 6.48. The molecule has 2 N–H and O–H groups in total. The molecule has 1 atom stereocenters. The van der Waals surface area contributed by atoms with Gasteiger partial charge in [0.15, 0.2) is 0 Å². The van der Waals surface area contributed by atoms with Crippen molar-refractivity contribution in [2.45, 2.75) is 32.7 Å². The Bertz CT molecular complexity index is 633. The number of fused-ring (bicyclic) bond motifs is 1. The summed E-state index contributed by atoms with van der Waals surface area (Å²) in [4.78, 5) is 0. The maximum atomic E-state index is 6.48. The third kappa shape index (κ3) is 2.32. The van der Waals surface area contributed by atoms with Gasteiger partial charge >= 0.3 is 0 Å². The van der Waals surface area contributed by atoms with Gasteiger partial charge in [-0.3, -0.25) is 0 Å². The Labute approximate surface area is 120 Å². The van der Waals surface area contributed by atoms with Crippen molar-refractivity contribution in [3.8, 4) is 5.75 Å². The zero-order valence-corrected chi connectivity index (χ0v) is 12.1. The molecule has 1 unspecified atom stereocenters. The summed E-state index contributed by atoms with van der Waals surface area (Å²) in [5.74, 6) is 1.00. The summed E-state index contributed by atoms with van der Waals surface area (Å²) < 4.78 is 5.87. The SMILES string of the molecule is Cc1ccc(C(N)c2cccc3c2OCCC3)cc1C. The summed E-state index contributed by atoms with van der Waals surface area (Å²) in [7, 11) is 0. The van der Waals surface area contributed by atoms with Crippen LogP contribution in [0.25, 0.3) is 0 Å². The molecule has 1 heterocycles. The summed E-state index contributed by atoms with van der Waals surface area (Å²) in [6, 6.07) is 12.6. The summed E-state index contributed by atoms with van der Waals surface area (Å²) in [5, 5.41) is 0. The number of nitrogens with two attached hydrogens (primary N) is 1. The minimum atomic E-state index is -0.123. The number of hydrogen-bond acceptors (Lipinski definition) is 2. The molecule has 104 valence electrons. The number of ether oxygens (including phenoxy) is 1. The molecule has 3 rings (SSSR count). The van der Waals surface area contributed by atoms with Gasteiger partial charge in [0.05, 0.1) is 12.6 Å². The normalized spacial score (nSPS) is 15.3. The van der Waals surface area contributed by atoms with Crippen LogP contribution >= 0.6 is 0 Å². The Morgan fingerprint density at radius 1 is 1.10 bits per heavy atom. The van der Waals surface area contributed by atoms with E-state index in [0.29, 0.717) is 0 Å². The van der Waals surface area contributed by atoms with E-state index in [1.807, 2.05) is 0 Å². The van der Waals surface area contributed by atoms with Gasteiger partial charge in [-0.25, -0.2) is 0 Å². The summed E-state index contributed by atoms with van der Waals surface area (Å²) in [6.45, 7) is 5.05. The third-order valence-electron chi connectivity index (χ3n) is 4.19. The van der Waals surface area contributed by atoms with E-state index in [1.165, 1.54) is 16.7 Å². The molecule has 1 aliphatic heterocycles. The highest BCUT2D eigenvalue weighted by Gasteiger charge is 2.19. The van der Waals surface area contributed by atoms with Crippen molar-refractivity contribution in [2.75, 3.05) is 6.61 Å². The molecule has 2 nitrogen and oxygen atoms in total. The van der Waals surface area contributed by atoms with Crippen LogP contribution in [0.2, 0.25) is 0 Å². The Hall–Kier alpha value is -1.80. The Morgan fingerprint density at radius 3 is 2.75 bits per heavy atom. The van der Waals surface area contributed by atoms with Gasteiger partial charge in [0.2, 0.25) is 0 Å². The van der Waals surface area contributed by atoms with Crippen LogP contribution in [0.5, 0.6) is 5.75 Å². The smallest absolute Gasteiger partial charge is 0.127 e. The lowest BCUT2D eigenvalue weighted by Gasteiger charge is -2.23.